The Kier molecular flexibility index (Phi) is 4.52. The molecule has 3 rings (SSSR count). The zero-order valence-corrected chi connectivity index (χ0v) is 14.0. The van der Waals surface area contributed by atoms with E-state index in [2.05, 4.69) is 31.2 Å². The van der Waals surface area contributed by atoms with E-state index in [0.717, 1.165) is 20.9 Å². The molecule has 5 nitrogen and oxygen atoms in total. The van der Waals surface area contributed by atoms with Gasteiger partial charge in [-0.2, -0.15) is 0 Å². The highest BCUT2D eigenvalue weighted by Crippen LogP contribution is 2.24. The van der Waals surface area contributed by atoms with Crippen molar-refractivity contribution in [2.24, 2.45) is 0 Å². The molecule has 0 radical (unpaired) electrons. The average Bonchev–Trinajstić information content (AvgIpc) is 2.53. The first-order valence-electron chi connectivity index (χ1n) is 7.03. The van der Waals surface area contributed by atoms with Gasteiger partial charge in [0.15, 0.2) is 0 Å². The van der Waals surface area contributed by atoms with Crippen molar-refractivity contribution in [2.75, 3.05) is 5.32 Å². The van der Waals surface area contributed by atoms with E-state index < -0.39 is 6.09 Å². The summed E-state index contributed by atoms with van der Waals surface area (Å²) in [5.74, 6) is 1.02. The first kappa shape index (κ1) is 15.4. The summed E-state index contributed by atoms with van der Waals surface area (Å²) in [5.41, 5.74) is 1.68. The number of nitrogens with one attached hydrogen (secondary N) is 1. The number of hydrogen-bond donors (Lipinski definition) is 1. The maximum Gasteiger partial charge on any atom is 0.413 e. The number of nitrogens with zero attached hydrogens (tertiary/aromatic N) is 2. The van der Waals surface area contributed by atoms with Crippen LogP contribution in [0.2, 0.25) is 0 Å². The Morgan fingerprint density at radius 3 is 2.74 bits per heavy atom. The highest BCUT2D eigenvalue weighted by molar-refractivity contribution is 9.10. The van der Waals surface area contributed by atoms with Gasteiger partial charge in [-0.3, -0.25) is 5.32 Å². The van der Waals surface area contributed by atoms with Crippen molar-refractivity contribution < 1.29 is 9.53 Å². The summed E-state index contributed by atoms with van der Waals surface area (Å²) in [6.07, 6.45) is -0.545. The van der Waals surface area contributed by atoms with E-state index in [-0.39, 0.29) is 6.61 Å². The number of hydrogen-bond acceptors (Lipinski definition) is 4. The van der Waals surface area contributed by atoms with Gasteiger partial charge in [-0.25, -0.2) is 14.8 Å². The molecule has 6 heteroatoms. The van der Waals surface area contributed by atoms with Crippen molar-refractivity contribution in [3.63, 3.8) is 0 Å². The smallest absolute Gasteiger partial charge is 0.413 e. The van der Waals surface area contributed by atoms with E-state index in [9.17, 15) is 4.79 Å². The minimum Gasteiger partial charge on any atom is -0.444 e. The fourth-order valence-electron chi connectivity index (χ4n) is 2.17. The fourth-order valence-corrected chi connectivity index (χ4v) is 2.52. The molecule has 2 aromatic carbocycles. The summed E-state index contributed by atoms with van der Waals surface area (Å²) in [6.45, 7) is 1.99. The molecule has 0 aliphatic heterocycles. The number of halogens is 1. The Bertz CT molecular complexity index is 848. The van der Waals surface area contributed by atoms with Gasteiger partial charge in [0, 0.05) is 9.86 Å². The molecule has 0 bridgehead atoms. The minimum atomic E-state index is -0.545. The molecule has 0 spiro atoms. The van der Waals surface area contributed by atoms with Crippen LogP contribution < -0.4 is 5.32 Å². The molecule has 1 aromatic heterocycles. The molecule has 0 unspecified atom stereocenters. The third kappa shape index (κ3) is 3.84. The maximum absolute atomic E-state index is 12.0. The molecule has 0 aliphatic rings. The Morgan fingerprint density at radius 2 is 1.96 bits per heavy atom. The number of aromatic nitrogens is 2. The molecule has 0 fully saturated rings. The Morgan fingerprint density at radius 1 is 1.17 bits per heavy atom. The molecular formula is C17H14BrN3O2. The van der Waals surface area contributed by atoms with E-state index >= 15 is 0 Å². The van der Waals surface area contributed by atoms with Gasteiger partial charge in [-0.1, -0.05) is 46.3 Å². The van der Waals surface area contributed by atoms with Crippen LogP contribution in [-0.2, 0) is 11.3 Å². The van der Waals surface area contributed by atoms with E-state index in [1.54, 1.807) is 6.92 Å². The molecule has 1 N–H and O–H groups in total. The number of fused-ring (bicyclic) bond motifs is 1. The second kappa shape index (κ2) is 6.75. The van der Waals surface area contributed by atoms with Crippen molar-refractivity contribution in [3.8, 4) is 0 Å². The Labute approximate surface area is 141 Å². The fraction of sp³-hybridized carbons (Fsp3) is 0.118. The van der Waals surface area contributed by atoms with Gasteiger partial charge in [-0.15, -0.1) is 0 Å². The van der Waals surface area contributed by atoms with Crippen molar-refractivity contribution in [3.05, 3.63) is 64.4 Å². The molecule has 1 amide bonds. The summed E-state index contributed by atoms with van der Waals surface area (Å²) >= 11 is 3.41. The first-order valence-corrected chi connectivity index (χ1v) is 7.83. The van der Waals surface area contributed by atoms with E-state index in [0.29, 0.717) is 11.6 Å². The van der Waals surface area contributed by atoms with Gasteiger partial charge < -0.3 is 4.74 Å². The lowest BCUT2D eigenvalue weighted by atomic mass is 10.2. The Hall–Kier alpha value is -2.47. The quantitative estimate of drug-likeness (QED) is 0.738. The predicted molar refractivity (Wildman–Crippen MR) is 92.2 cm³/mol. The summed E-state index contributed by atoms with van der Waals surface area (Å²) in [6, 6.07) is 15.1. The highest BCUT2D eigenvalue weighted by atomic mass is 79.9. The minimum absolute atomic E-state index is 0.209. The van der Waals surface area contributed by atoms with Crippen LogP contribution in [0, 0.1) is 6.92 Å². The van der Waals surface area contributed by atoms with Gasteiger partial charge >= 0.3 is 6.09 Å². The SMILES string of the molecule is Cc1nc(NC(=O)OCc2ccccc2)c2ccc(Br)cc2n1. The van der Waals surface area contributed by atoms with Crippen LogP contribution in [0.25, 0.3) is 10.9 Å². The summed E-state index contributed by atoms with van der Waals surface area (Å²) in [5, 5.41) is 3.45. The number of aryl methyl sites for hydroxylation is 1. The zero-order valence-electron chi connectivity index (χ0n) is 12.4. The van der Waals surface area contributed by atoms with Crippen LogP contribution in [0.15, 0.2) is 53.0 Å². The Balaban J connectivity index is 1.77. The van der Waals surface area contributed by atoms with Crippen LogP contribution in [0.4, 0.5) is 10.6 Å². The predicted octanol–water partition coefficient (Wildman–Crippen LogP) is 4.45. The maximum atomic E-state index is 12.0. The lowest BCUT2D eigenvalue weighted by Gasteiger charge is -2.09. The molecule has 116 valence electrons. The molecule has 0 saturated carbocycles. The van der Waals surface area contributed by atoms with Crippen molar-refractivity contribution in [2.45, 2.75) is 13.5 Å². The molecule has 0 atom stereocenters. The van der Waals surface area contributed by atoms with E-state index in [1.807, 2.05) is 48.5 Å². The average molecular weight is 372 g/mol. The highest BCUT2D eigenvalue weighted by Gasteiger charge is 2.10. The summed E-state index contributed by atoms with van der Waals surface area (Å²) in [4.78, 5) is 20.7. The van der Waals surface area contributed by atoms with Crippen LogP contribution in [0.5, 0.6) is 0 Å². The normalized spacial score (nSPS) is 10.5. The van der Waals surface area contributed by atoms with Crippen LogP contribution >= 0.6 is 15.9 Å². The topological polar surface area (TPSA) is 64.1 Å². The number of benzene rings is 2. The number of rotatable bonds is 3. The van der Waals surface area contributed by atoms with Gasteiger partial charge in [0.1, 0.15) is 18.2 Å². The number of anilines is 1. The third-order valence-electron chi connectivity index (χ3n) is 3.20. The zero-order chi connectivity index (χ0) is 16.2. The molecule has 23 heavy (non-hydrogen) atoms. The first-order chi connectivity index (χ1) is 11.1. The second-order valence-electron chi connectivity index (χ2n) is 4.97. The molecule has 0 saturated heterocycles. The largest absolute Gasteiger partial charge is 0.444 e. The second-order valence-corrected chi connectivity index (χ2v) is 5.88. The number of amides is 1. The molecular weight excluding hydrogens is 358 g/mol. The van der Waals surface area contributed by atoms with Crippen LogP contribution in [-0.4, -0.2) is 16.1 Å². The number of carbonyl (C=O) groups excluding carboxylic acids is 1. The van der Waals surface area contributed by atoms with Gasteiger partial charge in [0.05, 0.1) is 5.52 Å². The van der Waals surface area contributed by atoms with Crippen molar-refractivity contribution in [1.29, 1.82) is 0 Å². The van der Waals surface area contributed by atoms with Gasteiger partial charge in [0.2, 0.25) is 0 Å². The number of ether oxygens (including phenoxy) is 1. The third-order valence-corrected chi connectivity index (χ3v) is 3.70. The monoisotopic (exact) mass is 371 g/mol. The van der Waals surface area contributed by atoms with Crippen LogP contribution in [0.3, 0.4) is 0 Å². The standard InChI is InChI=1S/C17H14BrN3O2/c1-11-19-15-9-13(18)7-8-14(15)16(20-11)21-17(22)23-10-12-5-3-2-4-6-12/h2-9H,10H2,1H3,(H,19,20,21,22). The summed E-state index contributed by atoms with van der Waals surface area (Å²) < 4.78 is 6.14. The lowest BCUT2D eigenvalue weighted by molar-refractivity contribution is 0.155. The molecule has 0 aliphatic carbocycles. The van der Waals surface area contributed by atoms with E-state index in [1.165, 1.54) is 0 Å². The van der Waals surface area contributed by atoms with Gasteiger partial charge in [0.25, 0.3) is 0 Å². The van der Waals surface area contributed by atoms with Crippen molar-refractivity contribution in [1.82, 2.24) is 9.97 Å². The van der Waals surface area contributed by atoms with E-state index in [4.69, 9.17) is 4.74 Å². The summed E-state index contributed by atoms with van der Waals surface area (Å²) in [7, 11) is 0. The van der Waals surface area contributed by atoms with Crippen LogP contribution in [0.1, 0.15) is 11.4 Å². The molecule has 1 heterocycles. The number of carbonyl (C=O) groups is 1. The molecule has 3 aromatic rings. The van der Waals surface area contributed by atoms with Gasteiger partial charge in [-0.05, 0) is 30.7 Å². The van der Waals surface area contributed by atoms with Crippen molar-refractivity contribution >= 4 is 38.7 Å². The lowest BCUT2D eigenvalue weighted by Crippen LogP contribution is -2.15.